The van der Waals surface area contributed by atoms with Crippen molar-refractivity contribution in [2.75, 3.05) is 13.7 Å². The number of hydrogen-bond donors (Lipinski definition) is 0. The maximum atomic E-state index is 8.80. The summed E-state index contributed by atoms with van der Waals surface area (Å²) < 4.78 is 18.1. The predicted molar refractivity (Wildman–Crippen MR) is 110 cm³/mol. The van der Waals surface area contributed by atoms with Crippen LogP contribution in [0.5, 0.6) is 11.6 Å². The Morgan fingerprint density at radius 3 is 2.91 bits per heavy atom. The number of aryl methyl sites for hydroxylation is 1. The molecule has 0 saturated carbocycles. The first-order chi connectivity index (χ1) is 15.6. The summed E-state index contributed by atoms with van der Waals surface area (Å²) in [7, 11) is 1.54. The first kappa shape index (κ1) is 19.9. The summed E-state index contributed by atoms with van der Waals surface area (Å²) in [6, 6.07) is 9.66. The van der Waals surface area contributed by atoms with E-state index in [0.717, 1.165) is 31.0 Å². The van der Waals surface area contributed by atoms with Crippen molar-refractivity contribution >= 4 is 5.65 Å². The highest BCUT2D eigenvalue weighted by Crippen LogP contribution is 2.28. The van der Waals surface area contributed by atoms with Crippen molar-refractivity contribution in [1.29, 1.82) is 5.26 Å². The monoisotopic (exact) mass is 432 g/mol. The first-order valence-electron chi connectivity index (χ1n) is 10.1. The van der Waals surface area contributed by atoms with Gasteiger partial charge in [-0.25, -0.2) is 0 Å². The van der Waals surface area contributed by atoms with Crippen molar-refractivity contribution in [2.24, 2.45) is 0 Å². The fraction of sp³-hybridized carbons (Fsp3) is 0.333. The maximum absolute atomic E-state index is 8.80. The molecule has 1 aliphatic rings. The van der Waals surface area contributed by atoms with Gasteiger partial charge in [-0.2, -0.15) is 9.78 Å². The molecule has 0 radical (unpaired) electrons. The molecule has 5 rings (SSSR count). The van der Waals surface area contributed by atoms with E-state index in [-0.39, 0.29) is 6.61 Å². The van der Waals surface area contributed by atoms with Crippen LogP contribution in [0.25, 0.3) is 17.2 Å². The summed E-state index contributed by atoms with van der Waals surface area (Å²) in [6.07, 6.45) is 0.511. The number of ether oxygens (including phenoxy) is 2. The Kier molecular flexibility index (Phi) is 5.12. The Labute approximate surface area is 183 Å². The second-order valence-electron chi connectivity index (χ2n) is 7.45. The van der Waals surface area contributed by atoms with E-state index in [1.165, 1.54) is 5.56 Å². The van der Waals surface area contributed by atoms with Gasteiger partial charge in [0.25, 0.3) is 5.88 Å². The zero-order chi connectivity index (χ0) is 22.1. The van der Waals surface area contributed by atoms with Crippen LogP contribution in [0.4, 0.5) is 0 Å². The SMILES string of the molecule is COc1cc2nnc(-c3cc(C)on3)n2nc1OCc1ccc2c(n1)CN(CCC#N)C2. The summed E-state index contributed by atoms with van der Waals surface area (Å²) in [5.41, 5.74) is 4.01. The standard InChI is InChI=1S/C21H20N8O3/c1-13-8-16(27-32-13)20-25-24-19-9-18(30-2)21(26-29(19)20)31-12-15-5-4-14-10-28(7-3-6-22)11-17(14)23-15/h4-5,8-9H,3,7,10-12H2,1-2H3. The molecule has 0 fully saturated rings. The number of fused-ring (bicyclic) bond motifs is 2. The predicted octanol–water partition coefficient (Wildman–Crippen LogP) is 2.30. The zero-order valence-corrected chi connectivity index (χ0v) is 17.6. The van der Waals surface area contributed by atoms with Gasteiger partial charge in [-0.15, -0.1) is 15.3 Å². The van der Waals surface area contributed by atoms with Crippen molar-refractivity contribution in [2.45, 2.75) is 33.0 Å². The van der Waals surface area contributed by atoms with Crippen LogP contribution >= 0.6 is 0 Å². The van der Waals surface area contributed by atoms with Crippen LogP contribution in [0.3, 0.4) is 0 Å². The van der Waals surface area contributed by atoms with E-state index in [1.54, 1.807) is 30.7 Å². The summed E-state index contributed by atoms with van der Waals surface area (Å²) in [6.45, 7) is 4.32. The molecule has 0 saturated heterocycles. The average molecular weight is 432 g/mol. The van der Waals surface area contributed by atoms with Crippen molar-refractivity contribution in [3.8, 4) is 29.2 Å². The molecule has 0 unspecified atom stereocenters. The second-order valence-corrected chi connectivity index (χ2v) is 7.45. The van der Waals surface area contributed by atoms with Gasteiger partial charge in [0.2, 0.25) is 5.82 Å². The Morgan fingerprint density at radius 2 is 2.12 bits per heavy atom. The van der Waals surface area contributed by atoms with Crippen LogP contribution in [0.1, 0.15) is 29.1 Å². The smallest absolute Gasteiger partial charge is 0.275 e. The number of nitriles is 1. The van der Waals surface area contributed by atoms with E-state index in [9.17, 15) is 0 Å². The molecule has 0 amide bonds. The molecule has 0 spiro atoms. The van der Waals surface area contributed by atoms with E-state index in [1.807, 2.05) is 6.07 Å². The summed E-state index contributed by atoms with van der Waals surface area (Å²) >= 11 is 0. The van der Waals surface area contributed by atoms with Gasteiger partial charge in [0, 0.05) is 38.2 Å². The highest BCUT2D eigenvalue weighted by molar-refractivity contribution is 5.56. The van der Waals surface area contributed by atoms with Gasteiger partial charge < -0.3 is 14.0 Å². The lowest BCUT2D eigenvalue weighted by molar-refractivity contribution is 0.263. The van der Waals surface area contributed by atoms with Crippen LogP contribution < -0.4 is 9.47 Å². The minimum atomic E-state index is 0.223. The lowest BCUT2D eigenvalue weighted by Gasteiger charge is -2.11. The third-order valence-corrected chi connectivity index (χ3v) is 5.19. The van der Waals surface area contributed by atoms with E-state index < -0.39 is 0 Å². The number of hydrogen-bond acceptors (Lipinski definition) is 10. The zero-order valence-electron chi connectivity index (χ0n) is 17.6. The van der Waals surface area contributed by atoms with Gasteiger partial charge in [0.15, 0.2) is 17.1 Å². The Morgan fingerprint density at radius 1 is 1.22 bits per heavy atom. The van der Waals surface area contributed by atoms with Crippen molar-refractivity contribution in [1.82, 2.24) is 34.9 Å². The minimum absolute atomic E-state index is 0.223. The van der Waals surface area contributed by atoms with Gasteiger partial charge in [-0.1, -0.05) is 11.2 Å². The highest BCUT2D eigenvalue weighted by atomic mass is 16.5. The minimum Gasteiger partial charge on any atom is -0.491 e. The molecule has 0 aromatic carbocycles. The lowest BCUT2D eigenvalue weighted by atomic mass is 10.2. The van der Waals surface area contributed by atoms with E-state index in [2.05, 4.69) is 37.5 Å². The van der Waals surface area contributed by atoms with Crippen LogP contribution in [-0.4, -0.2) is 48.5 Å². The fourth-order valence-corrected chi connectivity index (χ4v) is 3.63. The molecule has 11 nitrogen and oxygen atoms in total. The van der Waals surface area contributed by atoms with Gasteiger partial charge in [0.1, 0.15) is 12.4 Å². The van der Waals surface area contributed by atoms with E-state index >= 15 is 0 Å². The average Bonchev–Trinajstić information content (AvgIpc) is 3.52. The molecule has 0 bridgehead atoms. The molecule has 0 aliphatic carbocycles. The maximum Gasteiger partial charge on any atom is 0.275 e. The summed E-state index contributed by atoms with van der Waals surface area (Å²) in [5, 5.41) is 25.6. The van der Waals surface area contributed by atoms with Crippen molar-refractivity contribution in [3.63, 3.8) is 0 Å². The number of methoxy groups -OCH3 is 1. The topological polar surface area (TPSA) is 127 Å². The number of nitrogens with zero attached hydrogens (tertiary/aromatic N) is 8. The van der Waals surface area contributed by atoms with Crippen molar-refractivity contribution < 1.29 is 14.0 Å². The Balaban J connectivity index is 1.37. The third-order valence-electron chi connectivity index (χ3n) is 5.19. The molecular weight excluding hydrogens is 412 g/mol. The highest BCUT2D eigenvalue weighted by Gasteiger charge is 2.21. The number of aromatic nitrogens is 6. The van der Waals surface area contributed by atoms with Crippen molar-refractivity contribution in [3.05, 3.63) is 47.0 Å². The van der Waals surface area contributed by atoms with Gasteiger partial charge in [0.05, 0.1) is 24.6 Å². The van der Waals surface area contributed by atoms with Crippen LogP contribution in [0, 0.1) is 18.3 Å². The second kappa shape index (κ2) is 8.24. The normalized spacial score (nSPS) is 13.3. The molecule has 11 heteroatoms. The lowest BCUT2D eigenvalue weighted by Crippen LogP contribution is -2.17. The van der Waals surface area contributed by atoms with Gasteiger partial charge in [-0.05, 0) is 18.6 Å². The van der Waals surface area contributed by atoms with Gasteiger partial charge >= 0.3 is 0 Å². The summed E-state index contributed by atoms with van der Waals surface area (Å²) in [5.74, 6) is 1.84. The van der Waals surface area contributed by atoms with Crippen LogP contribution in [0.15, 0.2) is 28.8 Å². The Hall–Kier alpha value is -4.04. The molecule has 5 heterocycles. The van der Waals surface area contributed by atoms with Crippen LogP contribution in [-0.2, 0) is 19.7 Å². The van der Waals surface area contributed by atoms with Gasteiger partial charge in [-0.3, -0.25) is 9.88 Å². The largest absolute Gasteiger partial charge is 0.491 e. The molecule has 0 atom stereocenters. The summed E-state index contributed by atoms with van der Waals surface area (Å²) in [4.78, 5) is 6.94. The molecule has 4 aromatic rings. The molecule has 4 aromatic heterocycles. The molecule has 1 aliphatic heterocycles. The number of rotatable bonds is 7. The van der Waals surface area contributed by atoms with E-state index in [0.29, 0.717) is 41.0 Å². The first-order valence-corrected chi connectivity index (χ1v) is 10.1. The molecular formula is C21H20N8O3. The number of pyridine rings is 1. The van der Waals surface area contributed by atoms with E-state index in [4.69, 9.17) is 24.2 Å². The molecule has 32 heavy (non-hydrogen) atoms. The molecule has 162 valence electrons. The Bertz CT molecular complexity index is 1320. The third kappa shape index (κ3) is 3.72. The molecule has 0 N–H and O–H groups in total. The fourth-order valence-electron chi connectivity index (χ4n) is 3.63. The van der Waals surface area contributed by atoms with Crippen LogP contribution in [0.2, 0.25) is 0 Å². The quantitative estimate of drug-likeness (QED) is 0.429.